The molecule has 6 nitrogen and oxygen atoms in total. The summed E-state index contributed by atoms with van der Waals surface area (Å²) in [5.41, 5.74) is 0.818. The van der Waals surface area contributed by atoms with Crippen molar-refractivity contribution in [3.8, 4) is 0 Å². The van der Waals surface area contributed by atoms with Crippen LogP contribution in [0.3, 0.4) is 0 Å². The molecule has 24 heavy (non-hydrogen) atoms. The van der Waals surface area contributed by atoms with Crippen LogP contribution in [0.2, 0.25) is 0 Å². The third-order valence-electron chi connectivity index (χ3n) is 3.79. The van der Waals surface area contributed by atoms with E-state index in [4.69, 9.17) is 9.84 Å². The lowest BCUT2D eigenvalue weighted by Gasteiger charge is -2.38. The van der Waals surface area contributed by atoms with Gasteiger partial charge in [-0.1, -0.05) is 30.3 Å². The van der Waals surface area contributed by atoms with Crippen LogP contribution in [0.15, 0.2) is 30.3 Å². The molecule has 0 unspecified atom stereocenters. The van der Waals surface area contributed by atoms with Crippen LogP contribution in [0.1, 0.15) is 12.5 Å². The number of alkyl halides is 2. The van der Waals surface area contributed by atoms with Gasteiger partial charge in [0.05, 0.1) is 12.6 Å². The second-order valence-corrected chi connectivity index (χ2v) is 5.70. The minimum Gasteiger partial charge on any atom is -0.390 e. The Hall–Kier alpha value is -2.06. The van der Waals surface area contributed by atoms with E-state index in [1.165, 1.54) is 4.90 Å². The van der Waals surface area contributed by atoms with Crippen LogP contribution in [0.4, 0.5) is 8.78 Å². The molecule has 2 rings (SSSR count). The van der Waals surface area contributed by atoms with E-state index in [1.807, 2.05) is 18.2 Å². The van der Waals surface area contributed by atoms with Crippen LogP contribution >= 0.6 is 0 Å². The summed E-state index contributed by atoms with van der Waals surface area (Å²) < 4.78 is 31.5. The van der Waals surface area contributed by atoms with Crippen molar-refractivity contribution in [2.45, 2.75) is 31.5 Å². The number of hydrogen-bond donors (Lipinski definition) is 2. The first-order chi connectivity index (χ1) is 11.3. The molecule has 0 bridgehead atoms. The Morgan fingerprint density at radius 2 is 2.08 bits per heavy atom. The van der Waals surface area contributed by atoms with Crippen molar-refractivity contribution in [2.24, 2.45) is 0 Å². The third kappa shape index (κ3) is 4.48. The van der Waals surface area contributed by atoms with Gasteiger partial charge in [-0.15, -0.1) is 0 Å². The maximum absolute atomic E-state index is 13.1. The lowest BCUT2D eigenvalue weighted by molar-refractivity contribution is -0.164. The second kappa shape index (κ2) is 7.67. The van der Waals surface area contributed by atoms with Gasteiger partial charge in [-0.25, -0.2) is 8.78 Å². The largest absolute Gasteiger partial charge is 0.390 e. The van der Waals surface area contributed by atoms with E-state index in [0.29, 0.717) is 0 Å². The summed E-state index contributed by atoms with van der Waals surface area (Å²) in [5, 5.41) is 10.7. The van der Waals surface area contributed by atoms with E-state index in [0.717, 1.165) is 5.56 Å². The average Bonchev–Trinajstić information content (AvgIpc) is 2.57. The number of halogens is 2. The first-order valence-electron chi connectivity index (χ1n) is 7.55. The van der Waals surface area contributed by atoms with Crippen molar-refractivity contribution < 1.29 is 28.2 Å². The smallest absolute Gasteiger partial charge is 0.287 e. The van der Waals surface area contributed by atoms with Crippen LogP contribution in [-0.4, -0.2) is 59.6 Å². The fourth-order valence-electron chi connectivity index (χ4n) is 2.48. The number of amides is 2. The van der Waals surface area contributed by atoms with Gasteiger partial charge < -0.3 is 20.1 Å². The average molecular weight is 342 g/mol. The predicted molar refractivity (Wildman–Crippen MR) is 81.2 cm³/mol. The first kappa shape index (κ1) is 18.3. The summed E-state index contributed by atoms with van der Waals surface area (Å²) in [6.07, 6.45) is -0.630. The third-order valence-corrected chi connectivity index (χ3v) is 3.79. The highest BCUT2D eigenvalue weighted by atomic mass is 19.3. The van der Waals surface area contributed by atoms with Gasteiger partial charge in [0, 0.05) is 6.54 Å². The Kier molecular flexibility index (Phi) is 5.84. The number of hydrogen-bond acceptors (Lipinski definition) is 4. The number of rotatable bonds is 6. The number of aliphatic hydroxyl groups is 1. The van der Waals surface area contributed by atoms with E-state index < -0.39 is 37.1 Å². The molecule has 1 aromatic carbocycles. The molecule has 0 spiro atoms. The molecule has 0 saturated carbocycles. The molecule has 1 fully saturated rings. The SMILES string of the molecule is C[C@H]1OCC(=O)N(Cc2ccccc2)[C@@H]1C(=O)NCC(F)(F)CO. The topological polar surface area (TPSA) is 78.9 Å². The number of nitrogens with one attached hydrogen (secondary N) is 1. The van der Waals surface area contributed by atoms with Gasteiger partial charge in [0.2, 0.25) is 11.8 Å². The summed E-state index contributed by atoms with van der Waals surface area (Å²) in [6.45, 7) is -0.735. The highest BCUT2D eigenvalue weighted by Crippen LogP contribution is 2.19. The second-order valence-electron chi connectivity index (χ2n) is 5.70. The van der Waals surface area contributed by atoms with Gasteiger partial charge in [-0.05, 0) is 12.5 Å². The fraction of sp³-hybridized carbons (Fsp3) is 0.500. The van der Waals surface area contributed by atoms with Gasteiger partial charge >= 0.3 is 0 Å². The summed E-state index contributed by atoms with van der Waals surface area (Å²) in [4.78, 5) is 25.8. The molecule has 0 radical (unpaired) electrons. The zero-order valence-electron chi connectivity index (χ0n) is 13.2. The molecular formula is C16H20F2N2O4. The number of carbonyl (C=O) groups excluding carboxylic acids is 2. The zero-order valence-corrected chi connectivity index (χ0v) is 13.2. The van der Waals surface area contributed by atoms with Crippen molar-refractivity contribution >= 4 is 11.8 Å². The van der Waals surface area contributed by atoms with Crippen molar-refractivity contribution in [2.75, 3.05) is 19.8 Å². The molecule has 2 N–H and O–H groups in total. The highest BCUT2D eigenvalue weighted by molar-refractivity contribution is 5.89. The van der Waals surface area contributed by atoms with E-state index in [1.54, 1.807) is 19.1 Å². The number of aliphatic hydroxyl groups excluding tert-OH is 1. The van der Waals surface area contributed by atoms with Crippen LogP contribution < -0.4 is 5.32 Å². The Bertz CT molecular complexity index is 583. The summed E-state index contributed by atoms with van der Waals surface area (Å²) in [6, 6.07) is 8.04. The first-order valence-corrected chi connectivity index (χ1v) is 7.55. The molecule has 1 saturated heterocycles. The molecule has 8 heteroatoms. The van der Waals surface area contributed by atoms with E-state index in [-0.39, 0.29) is 19.1 Å². The minimum atomic E-state index is -3.41. The van der Waals surface area contributed by atoms with Crippen LogP contribution in [0.5, 0.6) is 0 Å². The fourth-order valence-corrected chi connectivity index (χ4v) is 2.48. The summed E-state index contributed by atoms with van der Waals surface area (Å²) in [5.74, 6) is -4.53. The maximum atomic E-state index is 13.1. The number of benzene rings is 1. The molecule has 132 valence electrons. The maximum Gasteiger partial charge on any atom is 0.287 e. The molecule has 1 aliphatic heterocycles. The Labute approximate surface area is 138 Å². The number of nitrogens with zero attached hydrogens (tertiary/aromatic N) is 1. The molecular weight excluding hydrogens is 322 g/mol. The highest BCUT2D eigenvalue weighted by Gasteiger charge is 2.40. The monoisotopic (exact) mass is 342 g/mol. The van der Waals surface area contributed by atoms with Crippen molar-refractivity contribution in [1.82, 2.24) is 10.2 Å². The quantitative estimate of drug-likeness (QED) is 0.791. The van der Waals surface area contributed by atoms with E-state index in [9.17, 15) is 18.4 Å². The molecule has 1 aliphatic rings. The zero-order chi connectivity index (χ0) is 17.7. The van der Waals surface area contributed by atoms with Crippen molar-refractivity contribution in [3.63, 3.8) is 0 Å². The van der Waals surface area contributed by atoms with Crippen molar-refractivity contribution in [3.05, 3.63) is 35.9 Å². The summed E-state index contributed by atoms with van der Waals surface area (Å²) in [7, 11) is 0. The van der Waals surface area contributed by atoms with Crippen molar-refractivity contribution in [1.29, 1.82) is 0 Å². The van der Waals surface area contributed by atoms with Gasteiger partial charge in [0.1, 0.15) is 19.3 Å². The summed E-state index contributed by atoms with van der Waals surface area (Å²) >= 11 is 0. The minimum absolute atomic E-state index is 0.162. The molecule has 0 aliphatic carbocycles. The Morgan fingerprint density at radius 3 is 2.71 bits per heavy atom. The van der Waals surface area contributed by atoms with Crippen LogP contribution in [0, 0.1) is 0 Å². The number of ether oxygens (including phenoxy) is 1. The van der Waals surface area contributed by atoms with Crippen LogP contribution in [0.25, 0.3) is 0 Å². The number of carbonyl (C=O) groups is 2. The molecule has 2 atom stereocenters. The van der Waals surface area contributed by atoms with E-state index in [2.05, 4.69) is 5.32 Å². The Balaban J connectivity index is 2.12. The van der Waals surface area contributed by atoms with E-state index >= 15 is 0 Å². The van der Waals surface area contributed by atoms with Gasteiger partial charge in [-0.3, -0.25) is 9.59 Å². The van der Waals surface area contributed by atoms with Gasteiger partial charge in [0.15, 0.2) is 0 Å². The molecule has 1 heterocycles. The molecule has 0 aromatic heterocycles. The standard InChI is InChI=1S/C16H20F2N2O4/c1-11-14(15(23)19-9-16(17,18)10-21)20(13(22)8-24-11)7-12-5-3-2-4-6-12/h2-6,11,14,21H,7-10H2,1H3,(H,19,23)/t11-,14+/m1/s1. The van der Waals surface area contributed by atoms with Gasteiger partial charge in [0.25, 0.3) is 5.92 Å². The number of morpholine rings is 1. The molecule has 2 amide bonds. The van der Waals surface area contributed by atoms with Gasteiger partial charge in [-0.2, -0.15) is 0 Å². The van der Waals surface area contributed by atoms with Crippen LogP contribution in [-0.2, 0) is 20.9 Å². The lowest BCUT2D eigenvalue weighted by atomic mass is 10.1. The normalized spacial score (nSPS) is 21.7. The lowest BCUT2D eigenvalue weighted by Crippen LogP contribution is -2.60. The molecule has 1 aromatic rings. The Morgan fingerprint density at radius 1 is 1.42 bits per heavy atom. The predicted octanol–water partition coefficient (Wildman–Crippen LogP) is 0.546.